The minimum atomic E-state index is -4.40. The van der Waals surface area contributed by atoms with Crippen molar-refractivity contribution in [1.29, 1.82) is 0 Å². The van der Waals surface area contributed by atoms with Gasteiger partial charge in [-0.05, 0) is 53.6 Å². The van der Waals surface area contributed by atoms with E-state index in [0.717, 1.165) is 26.6 Å². The van der Waals surface area contributed by atoms with Crippen LogP contribution in [0.1, 0.15) is 28.4 Å². The lowest BCUT2D eigenvalue weighted by Gasteiger charge is -2.23. The summed E-state index contributed by atoms with van der Waals surface area (Å²) in [6.45, 7) is 2.01. The lowest BCUT2D eigenvalue weighted by molar-refractivity contribution is -0.123. The van der Waals surface area contributed by atoms with E-state index in [2.05, 4.69) is 10.6 Å². The van der Waals surface area contributed by atoms with Crippen LogP contribution in [0.2, 0.25) is 0 Å². The average molecular weight is 601 g/mol. The van der Waals surface area contributed by atoms with Crippen LogP contribution in [0.15, 0.2) is 71.4 Å². The predicted molar refractivity (Wildman–Crippen MR) is 156 cm³/mol. The van der Waals surface area contributed by atoms with Crippen LogP contribution in [0.25, 0.3) is 9.88 Å². The van der Waals surface area contributed by atoms with Crippen molar-refractivity contribution >= 4 is 50.7 Å². The van der Waals surface area contributed by atoms with Gasteiger partial charge in [-0.1, -0.05) is 42.5 Å². The zero-order valence-electron chi connectivity index (χ0n) is 21.7. The van der Waals surface area contributed by atoms with Crippen molar-refractivity contribution in [3.8, 4) is 9.88 Å². The molecule has 2 atom stereocenters. The molecule has 2 aromatic carbocycles. The SMILES string of the molecule is COC(=O)NC(Cc1ccccc1)C(=O)NC(Cc1ccc(NS(=O)(=O)O)cc1)c1csc(-c2sccc2C)n1. The molecule has 2 unspecified atom stereocenters. The molecule has 0 saturated heterocycles. The Bertz CT molecular complexity index is 1550. The van der Waals surface area contributed by atoms with Gasteiger partial charge in [-0.3, -0.25) is 14.1 Å². The Morgan fingerprint density at radius 2 is 1.68 bits per heavy atom. The standard InChI is InChI=1S/C27H28N4O6S3/c1-17-12-13-38-24(17)26-29-23(16-39-26)21(14-19-8-10-20(11-9-19)31-40(34,35)36)28-25(32)22(30-27(33)37-2)15-18-6-4-3-5-7-18/h3-13,16,21-22,31H,14-15H2,1-2H3,(H,28,32)(H,30,33)(H,34,35,36). The van der Waals surface area contributed by atoms with E-state index in [1.54, 1.807) is 23.5 Å². The second kappa shape index (κ2) is 13.0. The number of hydrogen-bond acceptors (Lipinski definition) is 8. The lowest BCUT2D eigenvalue weighted by Crippen LogP contribution is -2.49. The van der Waals surface area contributed by atoms with Crippen molar-refractivity contribution in [1.82, 2.24) is 15.6 Å². The minimum absolute atomic E-state index is 0.196. The summed E-state index contributed by atoms with van der Waals surface area (Å²) in [7, 11) is -3.17. The molecule has 2 heterocycles. The number of hydrogen-bond donors (Lipinski definition) is 4. The van der Waals surface area contributed by atoms with Crippen LogP contribution in [0, 0.1) is 6.92 Å². The molecule has 10 nitrogen and oxygen atoms in total. The number of aromatic nitrogens is 1. The van der Waals surface area contributed by atoms with Gasteiger partial charge in [0, 0.05) is 11.8 Å². The summed E-state index contributed by atoms with van der Waals surface area (Å²) in [5, 5.41) is 10.4. The van der Waals surface area contributed by atoms with Gasteiger partial charge >= 0.3 is 16.4 Å². The third kappa shape index (κ3) is 8.11. The van der Waals surface area contributed by atoms with Crippen molar-refractivity contribution in [2.45, 2.75) is 31.8 Å². The number of rotatable bonds is 11. The molecule has 4 rings (SSSR count). The summed E-state index contributed by atoms with van der Waals surface area (Å²) in [6.07, 6.45) is -0.138. The number of benzene rings is 2. The average Bonchev–Trinajstić information content (AvgIpc) is 3.57. The van der Waals surface area contributed by atoms with E-state index in [-0.39, 0.29) is 12.1 Å². The highest BCUT2D eigenvalue weighted by Gasteiger charge is 2.26. The Labute approximate surface area is 240 Å². The van der Waals surface area contributed by atoms with E-state index in [9.17, 15) is 18.0 Å². The number of methoxy groups -OCH3 is 1. The molecule has 0 saturated carbocycles. The molecule has 0 aliphatic rings. The normalized spacial score (nSPS) is 12.8. The van der Waals surface area contributed by atoms with E-state index < -0.39 is 34.4 Å². The molecule has 40 heavy (non-hydrogen) atoms. The molecule has 0 fully saturated rings. The molecule has 4 aromatic rings. The number of thiophene rings is 1. The maximum Gasteiger partial charge on any atom is 0.407 e. The highest BCUT2D eigenvalue weighted by Crippen LogP contribution is 2.33. The number of ether oxygens (including phenoxy) is 1. The van der Waals surface area contributed by atoms with Gasteiger partial charge in [-0.25, -0.2) is 9.78 Å². The smallest absolute Gasteiger partial charge is 0.407 e. The van der Waals surface area contributed by atoms with Crippen molar-refractivity contribution in [3.05, 3.63) is 93.8 Å². The summed E-state index contributed by atoms with van der Waals surface area (Å²) in [6, 6.07) is 16.3. The van der Waals surface area contributed by atoms with Gasteiger partial charge in [0.15, 0.2) is 0 Å². The Hall–Kier alpha value is -3.78. The van der Waals surface area contributed by atoms with Gasteiger partial charge in [0.1, 0.15) is 11.0 Å². The van der Waals surface area contributed by atoms with Gasteiger partial charge < -0.3 is 15.4 Å². The highest BCUT2D eigenvalue weighted by molar-refractivity contribution is 7.87. The van der Waals surface area contributed by atoms with Crippen LogP contribution < -0.4 is 15.4 Å². The molecule has 0 aliphatic carbocycles. The molecule has 13 heteroatoms. The summed E-state index contributed by atoms with van der Waals surface area (Å²) in [5.41, 5.74) is 3.60. The number of carbonyl (C=O) groups excluding carboxylic acids is 2. The van der Waals surface area contributed by atoms with Gasteiger partial charge in [0.2, 0.25) is 5.91 Å². The first-order valence-electron chi connectivity index (χ1n) is 12.1. The Kier molecular flexibility index (Phi) is 9.53. The molecule has 2 aromatic heterocycles. The zero-order chi connectivity index (χ0) is 28.7. The summed E-state index contributed by atoms with van der Waals surface area (Å²) < 4.78 is 38.1. The molecule has 2 amide bonds. The molecule has 0 spiro atoms. The van der Waals surface area contributed by atoms with Crippen molar-refractivity contribution in [2.75, 3.05) is 11.8 Å². The van der Waals surface area contributed by atoms with Crippen LogP contribution in [-0.4, -0.2) is 43.1 Å². The number of amides is 2. The molecular weight excluding hydrogens is 573 g/mol. The van der Waals surface area contributed by atoms with E-state index in [1.807, 2.05) is 58.8 Å². The van der Waals surface area contributed by atoms with Crippen LogP contribution in [0.5, 0.6) is 0 Å². The van der Waals surface area contributed by atoms with Gasteiger partial charge in [-0.15, -0.1) is 22.7 Å². The van der Waals surface area contributed by atoms with Crippen molar-refractivity contribution in [2.24, 2.45) is 0 Å². The molecular formula is C27H28N4O6S3. The number of anilines is 1. The molecule has 4 N–H and O–H groups in total. The van der Waals surface area contributed by atoms with E-state index >= 15 is 0 Å². The zero-order valence-corrected chi connectivity index (χ0v) is 24.1. The summed E-state index contributed by atoms with van der Waals surface area (Å²) in [5.74, 6) is -0.411. The fraction of sp³-hybridized carbons (Fsp3) is 0.222. The fourth-order valence-corrected chi connectivity index (χ4v) is 6.40. The van der Waals surface area contributed by atoms with Gasteiger partial charge in [0.05, 0.1) is 29.4 Å². The molecule has 210 valence electrons. The third-order valence-corrected chi connectivity index (χ3v) is 8.49. The molecule has 0 bridgehead atoms. The van der Waals surface area contributed by atoms with E-state index in [4.69, 9.17) is 14.3 Å². The first-order chi connectivity index (χ1) is 19.1. The summed E-state index contributed by atoms with van der Waals surface area (Å²) in [4.78, 5) is 31.5. The lowest BCUT2D eigenvalue weighted by atomic mass is 10.0. The van der Waals surface area contributed by atoms with Crippen LogP contribution >= 0.6 is 22.7 Å². The number of aryl methyl sites for hydroxylation is 1. The summed E-state index contributed by atoms with van der Waals surface area (Å²) >= 11 is 3.07. The van der Waals surface area contributed by atoms with Crippen molar-refractivity contribution in [3.63, 3.8) is 0 Å². The number of nitrogens with one attached hydrogen (secondary N) is 3. The van der Waals surface area contributed by atoms with Crippen molar-refractivity contribution < 1.29 is 27.3 Å². The Balaban J connectivity index is 1.61. The highest BCUT2D eigenvalue weighted by atomic mass is 32.2. The maximum absolute atomic E-state index is 13.6. The predicted octanol–water partition coefficient (Wildman–Crippen LogP) is 4.76. The van der Waals surface area contributed by atoms with Crippen LogP contribution in [-0.2, 0) is 32.7 Å². The quantitative estimate of drug-likeness (QED) is 0.182. The number of thiazole rings is 1. The third-order valence-electron chi connectivity index (χ3n) is 5.97. The van der Waals surface area contributed by atoms with E-state index in [1.165, 1.54) is 30.6 Å². The number of alkyl carbamates (subject to hydrolysis) is 1. The number of nitrogens with zero attached hydrogens (tertiary/aromatic N) is 1. The largest absolute Gasteiger partial charge is 0.453 e. The topological polar surface area (TPSA) is 147 Å². The van der Waals surface area contributed by atoms with Crippen LogP contribution in [0.4, 0.5) is 10.5 Å². The monoisotopic (exact) mass is 600 g/mol. The maximum atomic E-state index is 13.6. The fourth-order valence-electron chi connectivity index (χ4n) is 4.00. The Morgan fingerprint density at radius 1 is 0.975 bits per heavy atom. The molecule has 0 radical (unpaired) electrons. The first-order valence-corrected chi connectivity index (χ1v) is 15.3. The minimum Gasteiger partial charge on any atom is -0.453 e. The Morgan fingerprint density at radius 3 is 2.30 bits per heavy atom. The number of carbonyl (C=O) groups is 2. The first kappa shape index (κ1) is 29.2. The second-order valence-corrected chi connectivity index (χ2v) is 11.9. The second-order valence-electron chi connectivity index (χ2n) is 8.93. The van der Waals surface area contributed by atoms with E-state index in [0.29, 0.717) is 12.1 Å². The van der Waals surface area contributed by atoms with Crippen LogP contribution in [0.3, 0.4) is 0 Å². The molecule has 0 aliphatic heterocycles. The van der Waals surface area contributed by atoms with Gasteiger partial charge in [-0.2, -0.15) is 8.42 Å². The van der Waals surface area contributed by atoms with Gasteiger partial charge in [0.25, 0.3) is 0 Å².